The molecule has 0 radical (unpaired) electrons. The average Bonchev–Trinajstić information content (AvgIpc) is 3.40. The monoisotopic (exact) mass is 388 g/mol. The number of nitrogens with one attached hydrogen (secondary N) is 1. The van der Waals surface area contributed by atoms with Gasteiger partial charge >= 0.3 is 0 Å². The quantitative estimate of drug-likeness (QED) is 0.346. The third-order valence-electron chi connectivity index (χ3n) is 5.08. The van der Waals surface area contributed by atoms with E-state index in [9.17, 15) is 20.1 Å². The van der Waals surface area contributed by atoms with Gasteiger partial charge in [-0.05, 0) is 6.42 Å². The fourth-order valence-electron chi connectivity index (χ4n) is 3.52. The van der Waals surface area contributed by atoms with Gasteiger partial charge in [-0.1, -0.05) is 0 Å². The Bertz CT molecular complexity index is 1030. The summed E-state index contributed by atoms with van der Waals surface area (Å²) in [6, 6.07) is -0.529. The van der Waals surface area contributed by atoms with E-state index in [1.165, 1.54) is 30.5 Å². The molecule has 12 nitrogen and oxygen atoms in total. The molecule has 3 heterocycles. The predicted octanol–water partition coefficient (Wildman–Crippen LogP) is -1.77. The molecule has 0 spiro atoms. The van der Waals surface area contributed by atoms with Crippen molar-refractivity contribution < 1.29 is 20.1 Å². The Kier molecular flexibility index (Phi) is 4.45. The standard InChI is InChI=1S/C16H20N8O4/c1-18-15(28)8-3-20-24(4-8)16-21-13(17)10-14(22-16)23(6-19-10)9-2-7(5-25)11(26)12(9)27/h3-4,6-7,9,11-12,25-27H,2,5H2,1H3,(H,18,28)(H2,17,21,22)/t7-,9?,11-,12+/m1/s1. The minimum absolute atomic E-state index is 0.113. The molecule has 3 aromatic rings. The maximum absolute atomic E-state index is 11.7. The highest BCUT2D eigenvalue weighted by atomic mass is 16.3. The highest BCUT2D eigenvalue weighted by Crippen LogP contribution is 2.37. The van der Waals surface area contributed by atoms with Crippen molar-refractivity contribution in [2.75, 3.05) is 19.4 Å². The molecule has 0 aromatic carbocycles. The fourth-order valence-corrected chi connectivity index (χ4v) is 3.52. The lowest BCUT2D eigenvalue weighted by Crippen LogP contribution is -2.30. The molecule has 1 aliphatic carbocycles. The smallest absolute Gasteiger partial charge is 0.254 e. The van der Waals surface area contributed by atoms with E-state index >= 15 is 0 Å². The third-order valence-corrected chi connectivity index (χ3v) is 5.08. The maximum Gasteiger partial charge on any atom is 0.254 e. The van der Waals surface area contributed by atoms with Gasteiger partial charge in [0.2, 0.25) is 0 Å². The summed E-state index contributed by atoms with van der Waals surface area (Å²) in [6.45, 7) is -0.237. The zero-order valence-electron chi connectivity index (χ0n) is 15.0. The SMILES string of the molecule is CNC(=O)c1cnn(-c2nc(N)c3ncn(C4C[C@H](CO)[C@@H](O)[C@H]4O)c3n2)c1. The van der Waals surface area contributed by atoms with Gasteiger partial charge in [-0.2, -0.15) is 15.1 Å². The number of aliphatic hydroxyl groups is 3. The lowest BCUT2D eigenvalue weighted by atomic mass is 10.1. The average molecular weight is 388 g/mol. The fraction of sp³-hybridized carbons (Fsp3) is 0.438. The number of imidazole rings is 1. The summed E-state index contributed by atoms with van der Waals surface area (Å²) in [4.78, 5) is 24.6. The van der Waals surface area contributed by atoms with Gasteiger partial charge in [0.25, 0.3) is 11.9 Å². The van der Waals surface area contributed by atoms with Crippen LogP contribution in [0.2, 0.25) is 0 Å². The Morgan fingerprint density at radius 2 is 2.14 bits per heavy atom. The summed E-state index contributed by atoms with van der Waals surface area (Å²) in [5.41, 5.74) is 7.05. The Hall–Kier alpha value is -3.09. The van der Waals surface area contributed by atoms with Crippen molar-refractivity contribution in [3.63, 3.8) is 0 Å². The number of amides is 1. The van der Waals surface area contributed by atoms with Gasteiger partial charge in [0.1, 0.15) is 11.6 Å². The third kappa shape index (κ3) is 2.78. The van der Waals surface area contributed by atoms with E-state index in [0.29, 0.717) is 23.1 Å². The summed E-state index contributed by atoms with van der Waals surface area (Å²) in [7, 11) is 1.51. The van der Waals surface area contributed by atoms with Crippen molar-refractivity contribution in [1.29, 1.82) is 0 Å². The van der Waals surface area contributed by atoms with Crippen LogP contribution in [-0.2, 0) is 0 Å². The highest BCUT2D eigenvalue weighted by Gasteiger charge is 2.42. The number of hydrogen-bond acceptors (Lipinski definition) is 9. The molecule has 6 N–H and O–H groups in total. The second-order valence-electron chi connectivity index (χ2n) is 6.71. The predicted molar refractivity (Wildman–Crippen MR) is 96.5 cm³/mol. The molecular formula is C16H20N8O4. The number of aliphatic hydroxyl groups excluding tert-OH is 3. The molecule has 1 saturated carbocycles. The zero-order valence-corrected chi connectivity index (χ0v) is 15.0. The van der Waals surface area contributed by atoms with E-state index in [0.717, 1.165) is 0 Å². The van der Waals surface area contributed by atoms with E-state index < -0.39 is 24.2 Å². The second kappa shape index (κ2) is 6.82. The molecule has 4 atom stereocenters. The van der Waals surface area contributed by atoms with Crippen LogP contribution in [0.4, 0.5) is 5.82 Å². The number of carbonyl (C=O) groups is 1. The molecular weight excluding hydrogens is 368 g/mol. The molecule has 0 saturated heterocycles. The molecule has 148 valence electrons. The van der Waals surface area contributed by atoms with E-state index in [-0.39, 0.29) is 24.3 Å². The molecule has 3 aromatic heterocycles. The summed E-state index contributed by atoms with van der Waals surface area (Å²) in [5.74, 6) is -0.503. The van der Waals surface area contributed by atoms with Crippen LogP contribution < -0.4 is 11.1 Å². The van der Waals surface area contributed by atoms with Gasteiger partial charge < -0.3 is 30.9 Å². The second-order valence-corrected chi connectivity index (χ2v) is 6.71. The topological polar surface area (TPSA) is 177 Å². The van der Waals surface area contributed by atoms with Crippen LogP contribution in [0.5, 0.6) is 0 Å². The van der Waals surface area contributed by atoms with Gasteiger partial charge in [-0.3, -0.25) is 4.79 Å². The van der Waals surface area contributed by atoms with Crippen molar-refractivity contribution in [3.05, 3.63) is 24.3 Å². The first-order chi connectivity index (χ1) is 13.4. The Labute approximate surface area is 158 Å². The Morgan fingerprint density at radius 3 is 2.82 bits per heavy atom. The van der Waals surface area contributed by atoms with E-state index in [1.807, 2.05) is 0 Å². The molecule has 0 aliphatic heterocycles. The van der Waals surface area contributed by atoms with E-state index in [2.05, 4.69) is 25.4 Å². The van der Waals surface area contributed by atoms with Gasteiger partial charge in [-0.25, -0.2) is 9.67 Å². The lowest BCUT2D eigenvalue weighted by molar-refractivity contribution is -0.00370. The van der Waals surface area contributed by atoms with Crippen molar-refractivity contribution in [2.45, 2.75) is 24.7 Å². The van der Waals surface area contributed by atoms with Gasteiger partial charge in [-0.15, -0.1) is 0 Å². The number of nitrogen functional groups attached to an aromatic ring is 1. The molecule has 4 rings (SSSR count). The van der Waals surface area contributed by atoms with Crippen LogP contribution in [0.3, 0.4) is 0 Å². The lowest BCUT2D eigenvalue weighted by Gasteiger charge is -2.18. The van der Waals surface area contributed by atoms with Crippen LogP contribution in [0.15, 0.2) is 18.7 Å². The molecule has 1 aliphatic rings. The number of nitrogens with two attached hydrogens (primary N) is 1. The van der Waals surface area contributed by atoms with Crippen LogP contribution in [-0.4, -0.2) is 76.4 Å². The molecule has 12 heteroatoms. The normalized spacial score (nSPS) is 24.7. The molecule has 28 heavy (non-hydrogen) atoms. The Morgan fingerprint density at radius 1 is 1.36 bits per heavy atom. The first-order valence-electron chi connectivity index (χ1n) is 8.68. The summed E-state index contributed by atoms with van der Waals surface area (Å²) in [5, 5.41) is 36.5. The Balaban J connectivity index is 1.77. The summed E-state index contributed by atoms with van der Waals surface area (Å²) in [6.07, 6.45) is 2.54. The number of aromatic nitrogens is 6. The first kappa shape index (κ1) is 18.3. The van der Waals surface area contributed by atoms with Crippen LogP contribution in [0, 0.1) is 5.92 Å². The first-order valence-corrected chi connectivity index (χ1v) is 8.68. The summed E-state index contributed by atoms with van der Waals surface area (Å²) >= 11 is 0. The van der Waals surface area contributed by atoms with Crippen LogP contribution in [0.25, 0.3) is 17.1 Å². The minimum atomic E-state index is -1.08. The zero-order chi connectivity index (χ0) is 20.0. The number of nitrogens with zero attached hydrogens (tertiary/aromatic N) is 6. The van der Waals surface area contributed by atoms with Gasteiger partial charge in [0.15, 0.2) is 11.5 Å². The van der Waals surface area contributed by atoms with Crippen molar-refractivity contribution in [1.82, 2.24) is 34.6 Å². The number of fused-ring (bicyclic) bond motifs is 1. The molecule has 1 unspecified atom stereocenters. The van der Waals surface area contributed by atoms with E-state index in [1.54, 1.807) is 4.57 Å². The highest BCUT2D eigenvalue weighted by molar-refractivity contribution is 5.93. The van der Waals surface area contributed by atoms with Crippen LogP contribution in [0.1, 0.15) is 22.8 Å². The van der Waals surface area contributed by atoms with Gasteiger partial charge in [0.05, 0.1) is 30.2 Å². The summed E-state index contributed by atoms with van der Waals surface area (Å²) < 4.78 is 2.93. The van der Waals surface area contributed by atoms with Gasteiger partial charge in [0, 0.05) is 25.8 Å². The maximum atomic E-state index is 11.7. The van der Waals surface area contributed by atoms with E-state index in [4.69, 9.17) is 5.73 Å². The molecule has 1 amide bonds. The minimum Gasteiger partial charge on any atom is -0.396 e. The number of anilines is 1. The molecule has 0 bridgehead atoms. The van der Waals surface area contributed by atoms with Crippen molar-refractivity contribution >= 4 is 22.9 Å². The number of hydrogen-bond donors (Lipinski definition) is 5. The van der Waals surface area contributed by atoms with Crippen LogP contribution >= 0.6 is 0 Å². The number of carbonyl (C=O) groups excluding carboxylic acids is 1. The van der Waals surface area contributed by atoms with Crippen molar-refractivity contribution in [2.24, 2.45) is 5.92 Å². The largest absolute Gasteiger partial charge is 0.396 e. The number of rotatable bonds is 4. The van der Waals surface area contributed by atoms with Crippen molar-refractivity contribution in [3.8, 4) is 5.95 Å². The molecule has 1 fully saturated rings.